The van der Waals surface area contributed by atoms with Crippen LogP contribution in [-0.4, -0.2) is 20.9 Å². The Morgan fingerprint density at radius 2 is 2.38 bits per heavy atom. The highest BCUT2D eigenvalue weighted by Crippen LogP contribution is 2.36. The second-order valence-corrected chi connectivity index (χ2v) is 4.74. The van der Waals surface area contributed by atoms with Gasteiger partial charge in [-0.25, -0.2) is 10.8 Å². The smallest absolute Gasteiger partial charge is 0.329 e. The molecule has 3 N–H and O–H groups in total. The van der Waals surface area contributed by atoms with Gasteiger partial charge in [0.2, 0.25) is 11.8 Å². The predicted octanol–water partition coefficient (Wildman–Crippen LogP) is 1.43. The zero-order valence-electron chi connectivity index (χ0n) is 11.1. The first-order chi connectivity index (χ1) is 10.2. The van der Waals surface area contributed by atoms with E-state index >= 15 is 0 Å². The molecule has 0 radical (unpaired) electrons. The molecule has 0 amide bonds. The normalized spacial score (nSPS) is 14.0. The molecule has 21 heavy (non-hydrogen) atoms. The highest BCUT2D eigenvalue weighted by molar-refractivity contribution is 5.60. The molecule has 0 atom stereocenters. The summed E-state index contributed by atoms with van der Waals surface area (Å²) in [5.74, 6) is 6.40. The zero-order chi connectivity index (χ0) is 14.8. The van der Waals surface area contributed by atoms with Crippen molar-refractivity contribution >= 4 is 17.5 Å². The summed E-state index contributed by atoms with van der Waals surface area (Å²) >= 11 is 0. The maximum atomic E-state index is 11.2. The summed E-state index contributed by atoms with van der Waals surface area (Å²) in [7, 11) is 0. The first-order valence-corrected chi connectivity index (χ1v) is 6.46. The molecule has 1 saturated carbocycles. The van der Waals surface area contributed by atoms with Gasteiger partial charge in [-0.05, 0) is 25.0 Å². The largest absolute Gasteiger partial charge is 0.467 e. The van der Waals surface area contributed by atoms with Crippen molar-refractivity contribution in [3.05, 3.63) is 40.5 Å². The number of furan rings is 1. The molecule has 1 aliphatic rings. The number of nitrogen functional groups attached to an aromatic ring is 1. The standard InChI is InChI=1S/C12H14N6O3/c13-16-12-14-6-10(18(19)20)11(15-12)17(8-3-4-8)7-9-2-1-5-21-9/h1-2,5-6,8H,3-4,7,13H2,(H,14,15,16). The minimum absolute atomic E-state index is 0.140. The Morgan fingerprint density at radius 3 is 2.95 bits per heavy atom. The molecule has 3 rings (SSSR count). The number of nitrogens with zero attached hydrogens (tertiary/aromatic N) is 4. The van der Waals surface area contributed by atoms with Gasteiger partial charge < -0.3 is 9.32 Å². The molecule has 1 aliphatic carbocycles. The third kappa shape index (κ3) is 2.77. The molecule has 110 valence electrons. The Hall–Kier alpha value is -2.68. The van der Waals surface area contributed by atoms with Gasteiger partial charge in [-0.3, -0.25) is 15.5 Å². The number of nitro groups is 1. The number of nitrogens with one attached hydrogen (secondary N) is 1. The SMILES string of the molecule is NNc1ncc([N+](=O)[O-])c(N(Cc2ccco2)C2CC2)n1. The summed E-state index contributed by atoms with van der Waals surface area (Å²) in [5.41, 5.74) is 2.17. The van der Waals surface area contributed by atoms with Gasteiger partial charge in [0.05, 0.1) is 17.7 Å². The number of nitrogens with two attached hydrogens (primary N) is 1. The number of hydrogen-bond acceptors (Lipinski definition) is 8. The Bertz CT molecular complexity index is 640. The van der Waals surface area contributed by atoms with Gasteiger partial charge in [0.15, 0.2) is 0 Å². The fraction of sp³-hybridized carbons (Fsp3) is 0.333. The monoisotopic (exact) mass is 290 g/mol. The topological polar surface area (TPSA) is 123 Å². The molecule has 0 spiro atoms. The quantitative estimate of drug-likeness (QED) is 0.465. The minimum Gasteiger partial charge on any atom is -0.467 e. The lowest BCUT2D eigenvalue weighted by Gasteiger charge is -2.22. The average molecular weight is 290 g/mol. The molecule has 0 saturated heterocycles. The van der Waals surface area contributed by atoms with E-state index < -0.39 is 4.92 Å². The maximum absolute atomic E-state index is 11.2. The van der Waals surface area contributed by atoms with Crippen LogP contribution in [0.5, 0.6) is 0 Å². The maximum Gasteiger partial charge on any atom is 0.329 e. The van der Waals surface area contributed by atoms with Crippen LogP contribution < -0.4 is 16.2 Å². The molecule has 1 fully saturated rings. The lowest BCUT2D eigenvalue weighted by Crippen LogP contribution is -2.27. The molecule has 2 aromatic rings. The third-order valence-corrected chi connectivity index (χ3v) is 3.24. The van der Waals surface area contributed by atoms with E-state index in [2.05, 4.69) is 15.4 Å². The van der Waals surface area contributed by atoms with Crippen molar-refractivity contribution in [3.8, 4) is 0 Å². The number of anilines is 2. The third-order valence-electron chi connectivity index (χ3n) is 3.24. The van der Waals surface area contributed by atoms with Gasteiger partial charge in [0, 0.05) is 6.04 Å². The fourth-order valence-corrected chi connectivity index (χ4v) is 2.11. The van der Waals surface area contributed by atoms with Crippen LogP contribution in [-0.2, 0) is 6.54 Å². The van der Waals surface area contributed by atoms with E-state index in [1.807, 2.05) is 11.0 Å². The first kappa shape index (κ1) is 13.3. The summed E-state index contributed by atoms with van der Waals surface area (Å²) in [4.78, 5) is 20.5. The van der Waals surface area contributed by atoms with E-state index in [9.17, 15) is 10.1 Å². The molecule has 2 aromatic heterocycles. The Morgan fingerprint density at radius 1 is 1.57 bits per heavy atom. The van der Waals surface area contributed by atoms with E-state index in [0.717, 1.165) is 24.8 Å². The lowest BCUT2D eigenvalue weighted by molar-refractivity contribution is -0.384. The fourth-order valence-electron chi connectivity index (χ4n) is 2.11. The summed E-state index contributed by atoms with van der Waals surface area (Å²) in [6, 6.07) is 3.82. The van der Waals surface area contributed by atoms with E-state index in [1.165, 1.54) is 0 Å². The molecule has 0 bridgehead atoms. The van der Waals surface area contributed by atoms with E-state index in [0.29, 0.717) is 6.54 Å². The van der Waals surface area contributed by atoms with Crippen molar-refractivity contribution in [3.63, 3.8) is 0 Å². The van der Waals surface area contributed by atoms with Crippen molar-refractivity contribution in [2.75, 3.05) is 10.3 Å². The van der Waals surface area contributed by atoms with Gasteiger partial charge in [0.1, 0.15) is 12.0 Å². The summed E-state index contributed by atoms with van der Waals surface area (Å²) in [6.45, 7) is 0.416. The van der Waals surface area contributed by atoms with Crippen LogP contribution in [0, 0.1) is 10.1 Å². The Labute approximate surface area is 119 Å². The van der Waals surface area contributed by atoms with E-state index in [4.69, 9.17) is 10.3 Å². The highest BCUT2D eigenvalue weighted by Gasteiger charge is 2.35. The molecule has 0 unspecified atom stereocenters. The van der Waals surface area contributed by atoms with Crippen molar-refractivity contribution in [1.29, 1.82) is 0 Å². The zero-order valence-corrected chi connectivity index (χ0v) is 11.1. The van der Waals surface area contributed by atoms with Crippen molar-refractivity contribution in [2.45, 2.75) is 25.4 Å². The summed E-state index contributed by atoms with van der Waals surface area (Å²) in [6.07, 6.45) is 4.66. The van der Waals surface area contributed by atoms with E-state index in [-0.39, 0.29) is 23.5 Å². The van der Waals surface area contributed by atoms with Crippen LogP contribution in [0.4, 0.5) is 17.5 Å². The van der Waals surface area contributed by atoms with Crippen molar-refractivity contribution < 1.29 is 9.34 Å². The second-order valence-electron chi connectivity index (χ2n) is 4.74. The van der Waals surface area contributed by atoms with Crippen LogP contribution in [0.2, 0.25) is 0 Å². The number of hydrogen-bond donors (Lipinski definition) is 2. The molecule has 0 aliphatic heterocycles. The van der Waals surface area contributed by atoms with Crippen LogP contribution >= 0.6 is 0 Å². The second kappa shape index (κ2) is 5.37. The van der Waals surface area contributed by atoms with Gasteiger partial charge in [0.25, 0.3) is 0 Å². The van der Waals surface area contributed by atoms with Gasteiger partial charge >= 0.3 is 5.69 Å². The molecular weight excluding hydrogens is 276 g/mol. The highest BCUT2D eigenvalue weighted by atomic mass is 16.6. The van der Waals surface area contributed by atoms with Gasteiger partial charge in [-0.1, -0.05) is 0 Å². The van der Waals surface area contributed by atoms with Gasteiger partial charge in [-0.15, -0.1) is 0 Å². The lowest BCUT2D eigenvalue weighted by atomic mass is 10.3. The van der Waals surface area contributed by atoms with Crippen LogP contribution in [0.3, 0.4) is 0 Å². The molecule has 0 aromatic carbocycles. The Kier molecular flexibility index (Phi) is 3.40. The molecular formula is C12H14N6O3. The van der Waals surface area contributed by atoms with Gasteiger partial charge in [-0.2, -0.15) is 4.98 Å². The average Bonchev–Trinajstić information content (AvgIpc) is 3.20. The number of aromatic nitrogens is 2. The predicted molar refractivity (Wildman–Crippen MR) is 74.4 cm³/mol. The van der Waals surface area contributed by atoms with Crippen molar-refractivity contribution in [1.82, 2.24) is 9.97 Å². The molecule has 9 heteroatoms. The van der Waals surface area contributed by atoms with Crippen LogP contribution in [0.15, 0.2) is 29.0 Å². The molecule has 9 nitrogen and oxygen atoms in total. The first-order valence-electron chi connectivity index (χ1n) is 6.46. The molecule has 2 heterocycles. The summed E-state index contributed by atoms with van der Waals surface area (Å²) in [5, 5.41) is 11.2. The van der Waals surface area contributed by atoms with Crippen LogP contribution in [0.1, 0.15) is 18.6 Å². The number of hydrazine groups is 1. The number of rotatable bonds is 6. The van der Waals surface area contributed by atoms with Crippen LogP contribution in [0.25, 0.3) is 0 Å². The van der Waals surface area contributed by atoms with Crippen molar-refractivity contribution in [2.24, 2.45) is 5.84 Å². The minimum atomic E-state index is -0.493. The Balaban J connectivity index is 1.99. The van der Waals surface area contributed by atoms with E-state index in [1.54, 1.807) is 12.3 Å². The summed E-state index contributed by atoms with van der Waals surface area (Å²) < 4.78 is 5.33.